The molecule has 6 heteroatoms. The maximum Gasteiger partial charge on any atom is 0.235 e. The molecule has 0 aromatic heterocycles. The first-order valence-electron chi connectivity index (χ1n) is 7.30. The zero-order valence-electron chi connectivity index (χ0n) is 11.9. The molecule has 2 amide bonds. The van der Waals surface area contributed by atoms with E-state index in [1.807, 2.05) is 0 Å². The van der Waals surface area contributed by atoms with E-state index in [1.165, 1.54) is 11.3 Å². The Morgan fingerprint density at radius 1 is 1.15 bits per heavy atom. The molecule has 0 bridgehead atoms. The lowest BCUT2D eigenvalue weighted by Gasteiger charge is -2.23. The van der Waals surface area contributed by atoms with Gasteiger partial charge >= 0.3 is 0 Å². The van der Waals surface area contributed by atoms with Crippen LogP contribution in [-0.2, 0) is 9.59 Å². The number of imide groups is 1. The summed E-state index contributed by atoms with van der Waals surface area (Å²) in [5.41, 5.74) is 0. The Kier molecular flexibility index (Phi) is 6.00. The molecule has 2 aliphatic rings. The average molecular weight is 427 g/mol. The van der Waals surface area contributed by atoms with Gasteiger partial charge < -0.3 is 0 Å². The van der Waals surface area contributed by atoms with Crippen LogP contribution in [0.2, 0.25) is 0 Å². The molecule has 3 nitrogen and oxygen atoms in total. The summed E-state index contributed by atoms with van der Waals surface area (Å²) in [6.07, 6.45) is 4.45. The maximum absolute atomic E-state index is 12.5. The fourth-order valence-corrected chi connectivity index (χ4v) is 7.51. The van der Waals surface area contributed by atoms with E-state index in [-0.39, 0.29) is 32.0 Å². The van der Waals surface area contributed by atoms with Crippen molar-refractivity contribution in [2.24, 2.45) is 17.8 Å². The molecule has 0 saturated carbocycles. The van der Waals surface area contributed by atoms with Crippen molar-refractivity contribution in [1.82, 2.24) is 4.90 Å². The van der Waals surface area contributed by atoms with Gasteiger partial charge in [0.05, 0.1) is 20.2 Å². The van der Waals surface area contributed by atoms with Crippen LogP contribution in [0.4, 0.5) is 0 Å². The molecule has 2 heterocycles. The predicted molar refractivity (Wildman–Crippen MR) is 90.0 cm³/mol. The monoisotopic (exact) mass is 425 g/mol. The van der Waals surface area contributed by atoms with Gasteiger partial charge in [0.2, 0.25) is 11.8 Å². The Balaban J connectivity index is 2.06. The van der Waals surface area contributed by atoms with Gasteiger partial charge in [-0.25, -0.2) is 0 Å². The van der Waals surface area contributed by atoms with Gasteiger partial charge in [-0.2, -0.15) is 0 Å². The van der Waals surface area contributed by atoms with Crippen molar-refractivity contribution in [3.8, 4) is 0 Å². The molecule has 2 fully saturated rings. The van der Waals surface area contributed by atoms with Crippen molar-refractivity contribution in [2.75, 3.05) is 6.54 Å². The second-order valence-electron chi connectivity index (χ2n) is 5.59. The number of amides is 2. The minimum atomic E-state index is -0.194. The van der Waals surface area contributed by atoms with Gasteiger partial charge in [0, 0.05) is 6.54 Å². The number of unbranched alkanes of at least 4 members (excludes halogenated alkanes) is 1. The van der Waals surface area contributed by atoms with Gasteiger partial charge in [-0.3, -0.25) is 14.5 Å². The fraction of sp³-hybridized carbons (Fsp3) is 0.857. The van der Waals surface area contributed by atoms with E-state index in [2.05, 4.69) is 45.7 Å². The third kappa shape index (κ3) is 3.12. The Morgan fingerprint density at radius 2 is 1.70 bits per heavy atom. The molecule has 2 aliphatic heterocycles. The normalized spacial score (nSPS) is 34.7. The van der Waals surface area contributed by atoms with Crippen molar-refractivity contribution >= 4 is 55.4 Å². The first kappa shape index (κ1) is 16.8. The molecule has 0 aromatic carbocycles. The molecule has 0 radical (unpaired) electrons. The molecule has 0 N–H and O–H groups in total. The average Bonchev–Trinajstić information content (AvgIpc) is 2.84. The molecule has 0 aromatic rings. The van der Waals surface area contributed by atoms with E-state index in [0.29, 0.717) is 12.5 Å². The van der Waals surface area contributed by atoms with Gasteiger partial charge in [-0.05, 0) is 12.3 Å². The SMILES string of the molecule is CCCCC(CC)CN1C(=O)C2C(Br)SC(Br)C2C1=O. The number of halogens is 2. The molecular formula is C14H21Br2NO2S. The minimum absolute atomic E-state index is 0.0197. The first-order chi connectivity index (χ1) is 9.51. The lowest BCUT2D eigenvalue weighted by molar-refractivity contribution is -0.140. The zero-order valence-corrected chi connectivity index (χ0v) is 15.8. The van der Waals surface area contributed by atoms with Crippen molar-refractivity contribution < 1.29 is 9.59 Å². The summed E-state index contributed by atoms with van der Waals surface area (Å²) in [6.45, 7) is 4.92. The summed E-state index contributed by atoms with van der Waals surface area (Å²) in [6, 6.07) is 0. The van der Waals surface area contributed by atoms with Gasteiger partial charge in [0.1, 0.15) is 0 Å². The quantitative estimate of drug-likeness (QED) is 0.475. The minimum Gasteiger partial charge on any atom is -0.282 e. The van der Waals surface area contributed by atoms with E-state index in [0.717, 1.165) is 19.3 Å². The number of nitrogens with zero attached hydrogens (tertiary/aromatic N) is 1. The number of likely N-dealkylation sites (tertiary alicyclic amines) is 1. The van der Waals surface area contributed by atoms with Crippen molar-refractivity contribution in [2.45, 2.75) is 47.8 Å². The van der Waals surface area contributed by atoms with E-state index in [1.54, 1.807) is 11.8 Å². The van der Waals surface area contributed by atoms with E-state index < -0.39 is 0 Å². The Labute approximate surface area is 141 Å². The summed E-state index contributed by atoms with van der Waals surface area (Å²) < 4.78 is 0.100. The highest BCUT2D eigenvalue weighted by molar-refractivity contribution is 9.13. The highest BCUT2D eigenvalue weighted by atomic mass is 79.9. The molecule has 20 heavy (non-hydrogen) atoms. The number of fused-ring (bicyclic) bond motifs is 1. The van der Waals surface area contributed by atoms with E-state index in [4.69, 9.17) is 0 Å². The van der Waals surface area contributed by atoms with Crippen LogP contribution in [0.1, 0.15) is 39.5 Å². The highest BCUT2D eigenvalue weighted by Crippen LogP contribution is 2.53. The summed E-state index contributed by atoms with van der Waals surface area (Å²) >= 11 is 8.70. The topological polar surface area (TPSA) is 37.4 Å². The molecule has 2 saturated heterocycles. The first-order valence-corrected chi connectivity index (χ1v) is 10.1. The van der Waals surface area contributed by atoms with Crippen LogP contribution in [0.25, 0.3) is 0 Å². The Bertz CT molecular complexity index is 367. The number of alkyl halides is 2. The summed E-state index contributed by atoms with van der Waals surface area (Å²) in [4.78, 5) is 26.6. The Hall–Kier alpha value is 0.450. The van der Waals surface area contributed by atoms with Gasteiger partial charge in [-0.15, -0.1) is 11.8 Å². The third-order valence-corrected chi connectivity index (χ3v) is 7.84. The predicted octanol–water partition coefficient (Wildman–Crippen LogP) is 3.99. The van der Waals surface area contributed by atoms with Crippen LogP contribution in [0, 0.1) is 17.8 Å². The lowest BCUT2D eigenvalue weighted by atomic mass is 9.99. The smallest absolute Gasteiger partial charge is 0.235 e. The number of carbonyl (C=O) groups is 2. The maximum atomic E-state index is 12.5. The number of rotatable bonds is 6. The summed E-state index contributed by atoms with van der Waals surface area (Å²) in [5.74, 6) is 0.0931. The molecule has 5 atom stereocenters. The van der Waals surface area contributed by atoms with Crippen molar-refractivity contribution in [1.29, 1.82) is 0 Å². The largest absolute Gasteiger partial charge is 0.282 e. The number of carbonyl (C=O) groups excluding carboxylic acids is 2. The van der Waals surface area contributed by atoms with Crippen molar-refractivity contribution in [3.63, 3.8) is 0 Å². The summed E-state index contributed by atoms with van der Waals surface area (Å²) in [7, 11) is 0. The lowest BCUT2D eigenvalue weighted by Crippen LogP contribution is -2.37. The van der Waals surface area contributed by atoms with E-state index >= 15 is 0 Å². The molecular weight excluding hydrogens is 406 g/mol. The zero-order chi connectivity index (χ0) is 14.9. The Morgan fingerprint density at radius 3 is 2.15 bits per heavy atom. The second-order valence-corrected chi connectivity index (χ2v) is 10.1. The van der Waals surface area contributed by atoms with Crippen LogP contribution in [0.3, 0.4) is 0 Å². The van der Waals surface area contributed by atoms with Gasteiger partial charge in [-0.1, -0.05) is 65.0 Å². The molecule has 2 rings (SSSR count). The number of hydrogen-bond acceptors (Lipinski definition) is 3. The van der Waals surface area contributed by atoms with Crippen LogP contribution in [0.15, 0.2) is 0 Å². The van der Waals surface area contributed by atoms with Crippen LogP contribution in [0.5, 0.6) is 0 Å². The molecule has 5 unspecified atom stereocenters. The number of thioether (sulfide) groups is 1. The number of hydrogen-bond donors (Lipinski definition) is 0. The highest BCUT2D eigenvalue weighted by Gasteiger charge is 2.58. The summed E-state index contributed by atoms with van der Waals surface area (Å²) in [5, 5.41) is 0. The van der Waals surface area contributed by atoms with Crippen LogP contribution in [-0.4, -0.2) is 31.6 Å². The third-order valence-electron chi connectivity index (χ3n) is 4.30. The molecule has 0 aliphatic carbocycles. The standard InChI is InChI=1S/C14H21Br2NO2S/c1-3-5-6-8(4-2)7-17-13(18)9-10(14(17)19)12(16)20-11(9)15/h8-12H,3-7H2,1-2H3. The van der Waals surface area contributed by atoms with E-state index in [9.17, 15) is 9.59 Å². The fourth-order valence-electron chi connectivity index (χ4n) is 2.97. The molecule has 114 valence electrons. The van der Waals surface area contributed by atoms with Gasteiger partial charge in [0.25, 0.3) is 0 Å². The van der Waals surface area contributed by atoms with Crippen LogP contribution >= 0.6 is 43.6 Å². The molecule has 0 spiro atoms. The van der Waals surface area contributed by atoms with Gasteiger partial charge in [0.15, 0.2) is 0 Å². The second kappa shape index (κ2) is 7.14. The van der Waals surface area contributed by atoms with Crippen molar-refractivity contribution in [3.05, 3.63) is 0 Å². The van der Waals surface area contributed by atoms with Crippen LogP contribution < -0.4 is 0 Å².